The van der Waals surface area contributed by atoms with Crippen LogP contribution in [0.3, 0.4) is 0 Å². The van der Waals surface area contributed by atoms with Crippen LogP contribution in [0.25, 0.3) is 0 Å². The average Bonchev–Trinajstić information content (AvgIpc) is 2.73. The normalized spacial score (nSPS) is 16.9. The lowest BCUT2D eigenvalue weighted by molar-refractivity contribution is 0.0698. The molecule has 1 aromatic carbocycles. The highest BCUT2D eigenvalue weighted by molar-refractivity contribution is 14.0. The summed E-state index contributed by atoms with van der Waals surface area (Å²) in [6.45, 7) is 8.39. The summed E-state index contributed by atoms with van der Waals surface area (Å²) < 4.78 is 10.5. The number of nitrogens with one attached hydrogen (secondary N) is 2. The van der Waals surface area contributed by atoms with Crippen molar-refractivity contribution in [2.75, 3.05) is 60.2 Å². The lowest BCUT2D eigenvalue weighted by Gasteiger charge is -2.37. The van der Waals surface area contributed by atoms with Gasteiger partial charge in [-0.25, -0.2) is 0 Å². The molecular formula is C22H39IN4O2. The van der Waals surface area contributed by atoms with Crippen LogP contribution < -0.4 is 10.6 Å². The highest BCUT2D eigenvalue weighted by Crippen LogP contribution is 2.26. The zero-order chi connectivity index (χ0) is 20.0. The molecule has 7 heteroatoms. The summed E-state index contributed by atoms with van der Waals surface area (Å²) in [5.41, 5.74) is 1.37. The monoisotopic (exact) mass is 518 g/mol. The van der Waals surface area contributed by atoms with Gasteiger partial charge in [0.15, 0.2) is 5.96 Å². The van der Waals surface area contributed by atoms with Gasteiger partial charge in [-0.05, 0) is 43.8 Å². The second kappa shape index (κ2) is 15.9. The van der Waals surface area contributed by atoms with Gasteiger partial charge in [0.05, 0.1) is 19.3 Å². The Morgan fingerprint density at radius 2 is 1.86 bits per heavy atom. The number of likely N-dealkylation sites (tertiary alicyclic amines) is 1. The molecule has 0 spiro atoms. The molecule has 0 saturated carbocycles. The van der Waals surface area contributed by atoms with E-state index >= 15 is 0 Å². The smallest absolute Gasteiger partial charge is 0.191 e. The molecule has 29 heavy (non-hydrogen) atoms. The molecule has 1 aromatic rings. The first kappa shape index (κ1) is 26.1. The maximum atomic E-state index is 5.50. The minimum atomic E-state index is 0. The molecule has 1 heterocycles. The van der Waals surface area contributed by atoms with E-state index in [2.05, 4.69) is 57.8 Å². The average molecular weight is 518 g/mol. The van der Waals surface area contributed by atoms with E-state index in [-0.39, 0.29) is 24.0 Å². The van der Waals surface area contributed by atoms with E-state index in [0.29, 0.717) is 19.3 Å². The molecule has 0 aliphatic carbocycles. The van der Waals surface area contributed by atoms with Gasteiger partial charge in [-0.3, -0.25) is 9.89 Å². The Morgan fingerprint density at radius 3 is 2.52 bits per heavy atom. The van der Waals surface area contributed by atoms with Gasteiger partial charge in [-0.2, -0.15) is 0 Å². The molecular weight excluding hydrogens is 479 g/mol. The summed E-state index contributed by atoms with van der Waals surface area (Å²) in [4.78, 5) is 6.98. The molecule has 166 valence electrons. The fraction of sp³-hybridized carbons (Fsp3) is 0.682. The number of rotatable bonds is 11. The number of guanidine groups is 1. The van der Waals surface area contributed by atoms with Crippen LogP contribution in [0.5, 0.6) is 0 Å². The van der Waals surface area contributed by atoms with E-state index in [1.165, 1.54) is 18.4 Å². The Hall–Kier alpha value is -0.900. The predicted molar refractivity (Wildman–Crippen MR) is 131 cm³/mol. The molecule has 1 aliphatic heterocycles. The Bertz CT molecular complexity index is 551. The third-order valence-corrected chi connectivity index (χ3v) is 5.32. The van der Waals surface area contributed by atoms with Gasteiger partial charge >= 0.3 is 0 Å². The fourth-order valence-electron chi connectivity index (χ4n) is 3.51. The lowest BCUT2D eigenvalue weighted by Crippen LogP contribution is -2.45. The maximum absolute atomic E-state index is 5.50. The zero-order valence-electron chi connectivity index (χ0n) is 18.2. The van der Waals surface area contributed by atoms with Crippen molar-refractivity contribution in [3.8, 4) is 0 Å². The molecule has 1 saturated heterocycles. The fourth-order valence-corrected chi connectivity index (χ4v) is 3.51. The Labute approximate surface area is 193 Å². The van der Waals surface area contributed by atoms with E-state index in [1.54, 1.807) is 7.11 Å². The van der Waals surface area contributed by atoms with Crippen molar-refractivity contribution >= 4 is 29.9 Å². The van der Waals surface area contributed by atoms with E-state index in [0.717, 1.165) is 51.1 Å². The van der Waals surface area contributed by atoms with E-state index in [1.807, 2.05) is 7.05 Å². The number of aliphatic imine (C=N–C) groups is 1. The Balaban J connectivity index is 0.00000420. The summed E-state index contributed by atoms with van der Waals surface area (Å²) in [6.07, 6.45) is 3.50. The molecule has 0 radical (unpaired) electrons. The van der Waals surface area contributed by atoms with Crippen LogP contribution in [0.4, 0.5) is 0 Å². The second-order valence-electron chi connectivity index (χ2n) is 7.48. The van der Waals surface area contributed by atoms with Crippen molar-refractivity contribution in [1.29, 1.82) is 0 Å². The van der Waals surface area contributed by atoms with E-state index in [9.17, 15) is 0 Å². The van der Waals surface area contributed by atoms with Gasteiger partial charge in [0, 0.05) is 33.9 Å². The number of hydrogen-bond donors (Lipinski definition) is 2. The SMILES string of the molecule is CN=C(NCCCOCCOC)NCC(c1ccccc1)N1CCC(C)CC1.I. The van der Waals surface area contributed by atoms with Crippen LogP contribution in [0, 0.1) is 5.92 Å². The van der Waals surface area contributed by atoms with Crippen molar-refractivity contribution in [3.63, 3.8) is 0 Å². The first-order valence-electron chi connectivity index (χ1n) is 10.5. The van der Waals surface area contributed by atoms with Crippen molar-refractivity contribution in [3.05, 3.63) is 35.9 Å². The van der Waals surface area contributed by atoms with Crippen LogP contribution in [0.1, 0.15) is 37.8 Å². The van der Waals surface area contributed by atoms with Gasteiger partial charge in [0.2, 0.25) is 0 Å². The molecule has 2 N–H and O–H groups in total. The predicted octanol–water partition coefficient (Wildman–Crippen LogP) is 3.30. The number of halogens is 1. The number of hydrogen-bond acceptors (Lipinski definition) is 4. The van der Waals surface area contributed by atoms with Crippen LogP contribution >= 0.6 is 24.0 Å². The number of piperidine rings is 1. The summed E-state index contributed by atoms with van der Waals surface area (Å²) in [6, 6.07) is 11.2. The third-order valence-electron chi connectivity index (χ3n) is 5.32. The summed E-state index contributed by atoms with van der Waals surface area (Å²) in [7, 11) is 3.51. The molecule has 1 unspecified atom stereocenters. The van der Waals surface area contributed by atoms with Crippen molar-refractivity contribution in [1.82, 2.24) is 15.5 Å². The lowest BCUT2D eigenvalue weighted by atomic mass is 9.95. The quantitative estimate of drug-likeness (QED) is 0.204. The van der Waals surface area contributed by atoms with Gasteiger partial charge in [-0.1, -0.05) is 37.3 Å². The van der Waals surface area contributed by atoms with E-state index in [4.69, 9.17) is 9.47 Å². The number of ether oxygens (including phenoxy) is 2. The molecule has 1 aliphatic rings. The molecule has 0 bridgehead atoms. The molecule has 6 nitrogen and oxygen atoms in total. The van der Waals surface area contributed by atoms with Gasteiger partial charge in [0.25, 0.3) is 0 Å². The number of benzene rings is 1. The zero-order valence-corrected chi connectivity index (χ0v) is 20.6. The summed E-state index contributed by atoms with van der Waals surface area (Å²) in [5.74, 6) is 1.68. The van der Waals surface area contributed by atoms with Crippen molar-refractivity contribution in [2.24, 2.45) is 10.9 Å². The second-order valence-corrected chi connectivity index (χ2v) is 7.48. The first-order chi connectivity index (χ1) is 13.7. The molecule has 0 amide bonds. The Kier molecular flexibility index (Phi) is 14.3. The van der Waals surface area contributed by atoms with Crippen LogP contribution in [0.15, 0.2) is 35.3 Å². The first-order valence-corrected chi connectivity index (χ1v) is 10.5. The topological polar surface area (TPSA) is 58.1 Å². The minimum Gasteiger partial charge on any atom is -0.382 e. The van der Waals surface area contributed by atoms with Crippen LogP contribution in [-0.2, 0) is 9.47 Å². The third kappa shape index (κ3) is 10.1. The van der Waals surface area contributed by atoms with Crippen LogP contribution in [0.2, 0.25) is 0 Å². The standard InChI is InChI=1S/C22H38N4O2.HI/c1-19-10-13-26(14-11-19)21(20-8-5-4-6-9-20)18-25-22(23-2)24-12-7-15-28-17-16-27-3;/h4-6,8-9,19,21H,7,10-18H2,1-3H3,(H2,23,24,25);1H. The summed E-state index contributed by atoms with van der Waals surface area (Å²) in [5, 5.41) is 6.91. The molecule has 1 fully saturated rings. The van der Waals surface area contributed by atoms with Crippen LogP contribution in [-0.4, -0.2) is 71.0 Å². The minimum absolute atomic E-state index is 0. The summed E-state index contributed by atoms with van der Waals surface area (Å²) >= 11 is 0. The van der Waals surface area contributed by atoms with Gasteiger partial charge in [0.1, 0.15) is 0 Å². The van der Waals surface area contributed by atoms with E-state index < -0.39 is 0 Å². The highest BCUT2D eigenvalue weighted by Gasteiger charge is 2.24. The van der Waals surface area contributed by atoms with Gasteiger partial charge in [-0.15, -0.1) is 24.0 Å². The largest absolute Gasteiger partial charge is 0.382 e. The van der Waals surface area contributed by atoms with Crippen molar-refractivity contribution < 1.29 is 9.47 Å². The van der Waals surface area contributed by atoms with Gasteiger partial charge < -0.3 is 20.1 Å². The molecule has 1 atom stereocenters. The molecule has 0 aromatic heterocycles. The number of nitrogens with zero attached hydrogens (tertiary/aromatic N) is 2. The highest BCUT2D eigenvalue weighted by atomic mass is 127. The molecule has 2 rings (SSSR count). The maximum Gasteiger partial charge on any atom is 0.191 e. The van der Waals surface area contributed by atoms with Crippen molar-refractivity contribution in [2.45, 2.75) is 32.2 Å². The number of methoxy groups -OCH3 is 1. The Morgan fingerprint density at radius 1 is 1.14 bits per heavy atom.